The zero-order valence-electron chi connectivity index (χ0n) is 22.9. The standard InChI is InChI=1S/C33H40N2O4S/c36-29-20-28(24-37-21-25-12-4-1-5-13-25)31(38-22-26-14-6-2-7-15-26)32(39-23-27-16-8-3-9-17-27)30(29)34-33(40)35-18-10-11-19-35/h1-9,12-17,28-32,36H,10-11,18-24H2,(H,34,40)/t28-,29-,30+,31-,32-/m1/s1. The highest BCUT2D eigenvalue weighted by Crippen LogP contribution is 2.32. The van der Waals surface area contributed by atoms with Crippen molar-refractivity contribution in [1.29, 1.82) is 0 Å². The van der Waals surface area contributed by atoms with Gasteiger partial charge in [-0.1, -0.05) is 91.0 Å². The minimum absolute atomic E-state index is 0.0541. The van der Waals surface area contributed by atoms with Crippen molar-refractivity contribution in [2.24, 2.45) is 5.92 Å². The largest absolute Gasteiger partial charge is 0.391 e. The summed E-state index contributed by atoms with van der Waals surface area (Å²) < 4.78 is 19.5. The van der Waals surface area contributed by atoms with Gasteiger partial charge in [0.1, 0.15) is 6.10 Å². The number of nitrogens with one attached hydrogen (secondary N) is 1. The van der Waals surface area contributed by atoms with Gasteiger partial charge in [0.2, 0.25) is 0 Å². The summed E-state index contributed by atoms with van der Waals surface area (Å²) in [5, 5.41) is 15.7. The van der Waals surface area contributed by atoms with E-state index in [9.17, 15) is 5.11 Å². The minimum atomic E-state index is -0.664. The van der Waals surface area contributed by atoms with Crippen molar-refractivity contribution in [2.75, 3.05) is 19.7 Å². The number of nitrogens with zero attached hydrogens (tertiary/aromatic N) is 1. The zero-order valence-corrected chi connectivity index (χ0v) is 23.8. The molecule has 1 aliphatic carbocycles. The van der Waals surface area contributed by atoms with Crippen LogP contribution in [0, 0.1) is 5.92 Å². The topological polar surface area (TPSA) is 63.2 Å². The molecule has 5 rings (SSSR count). The van der Waals surface area contributed by atoms with Crippen molar-refractivity contribution < 1.29 is 19.3 Å². The monoisotopic (exact) mass is 560 g/mol. The number of benzene rings is 3. The van der Waals surface area contributed by atoms with E-state index < -0.39 is 18.2 Å². The van der Waals surface area contributed by atoms with Gasteiger partial charge in [0.15, 0.2) is 5.11 Å². The molecule has 3 aromatic carbocycles. The molecule has 6 nitrogen and oxygen atoms in total. The number of hydrogen-bond acceptors (Lipinski definition) is 5. The van der Waals surface area contributed by atoms with Crippen LogP contribution in [0.1, 0.15) is 36.0 Å². The molecule has 40 heavy (non-hydrogen) atoms. The van der Waals surface area contributed by atoms with Crippen LogP contribution >= 0.6 is 12.2 Å². The summed E-state index contributed by atoms with van der Waals surface area (Å²) in [6.45, 7) is 3.71. The number of aliphatic hydroxyl groups is 1. The first-order valence-electron chi connectivity index (χ1n) is 14.3. The second-order valence-corrected chi connectivity index (χ2v) is 11.1. The molecule has 3 aromatic rings. The van der Waals surface area contributed by atoms with Crippen molar-refractivity contribution >= 4 is 17.3 Å². The first kappa shape index (κ1) is 28.7. The quantitative estimate of drug-likeness (QED) is 0.317. The Hall–Kier alpha value is -2.81. The van der Waals surface area contributed by atoms with E-state index in [0.29, 0.717) is 38.0 Å². The molecule has 0 amide bonds. The van der Waals surface area contributed by atoms with Gasteiger partial charge in [0.25, 0.3) is 0 Å². The summed E-state index contributed by atoms with van der Waals surface area (Å²) >= 11 is 5.79. The van der Waals surface area contributed by atoms with E-state index in [1.807, 2.05) is 54.6 Å². The van der Waals surface area contributed by atoms with Crippen molar-refractivity contribution in [3.05, 3.63) is 108 Å². The Morgan fingerprint density at radius 1 is 0.750 bits per heavy atom. The number of rotatable bonds is 11. The summed E-state index contributed by atoms with van der Waals surface area (Å²) in [6, 6.07) is 30.1. The lowest BCUT2D eigenvalue weighted by Gasteiger charge is -2.46. The van der Waals surface area contributed by atoms with E-state index in [0.717, 1.165) is 42.6 Å². The lowest BCUT2D eigenvalue weighted by molar-refractivity contribution is -0.172. The van der Waals surface area contributed by atoms with Gasteiger partial charge >= 0.3 is 0 Å². The summed E-state index contributed by atoms with van der Waals surface area (Å²) in [5.74, 6) is -0.0541. The molecule has 0 spiro atoms. The predicted molar refractivity (Wildman–Crippen MR) is 161 cm³/mol. The van der Waals surface area contributed by atoms with Crippen LogP contribution < -0.4 is 5.32 Å². The first-order chi connectivity index (χ1) is 19.7. The van der Waals surface area contributed by atoms with Crippen molar-refractivity contribution in [2.45, 2.75) is 63.4 Å². The van der Waals surface area contributed by atoms with Gasteiger partial charge in [0, 0.05) is 19.0 Å². The second-order valence-electron chi connectivity index (χ2n) is 10.8. The maximum Gasteiger partial charge on any atom is 0.169 e. The minimum Gasteiger partial charge on any atom is -0.391 e. The number of aliphatic hydroxyl groups excluding tert-OH is 1. The Labute approximate surface area is 243 Å². The average Bonchev–Trinajstić information content (AvgIpc) is 3.54. The van der Waals surface area contributed by atoms with E-state index in [4.69, 9.17) is 26.4 Å². The van der Waals surface area contributed by atoms with Crippen LogP contribution in [0.4, 0.5) is 0 Å². The van der Waals surface area contributed by atoms with Crippen molar-refractivity contribution in [3.63, 3.8) is 0 Å². The molecule has 0 bridgehead atoms. The summed E-state index contributed by atoms with van der Waals surface area (Å²) in [7, 11) is 0. The van der Waals surface area contributed by atoms with Gasteiger partial charge in [-0.3, -0.25) is 0 Å². The maximum absolute atomic E-state index is 11.5. The van der Waals surface area contributed by atoms with Crippen LogP contribution in [-0.2, 0) is 34.0 Å². The fourth-order valence-electron chi connectivity index (χ4n) is 5.64. The molecule has 2 aliphatic rings. The highest BCUT2D eigenvalue weighted by molar-refractivity contribution is 7.80. The zero-order chi connectivity index (χ0) is 27.6. The number of hydrogen-bond donors (Lipinski definition) is 2. The lowest BCUT2D eigenvalue weighted by atomic mass is 9.79. The molecular weight excluding hydrogens is 520 g/mol. The molecule has 1 aliphatic heterocycles. The van der Waals surface area contributed by atoms with Crippen LogP contribution in [0.15, 0.2) is 91.0 Å². The van der Waals surface area contributed by atoms with Crippen LogP contribution in [-0.4, -0.2) is 59.2 Å². The summed E-state index contributed by atoms with van der Waals surface area (Å²) in [4.78, 5) is 2.19. The normalized spacial score (nSPS) is 24.6. The van der Waals surface area contributed by atoms with Crippen LogP contribution in [0.25, 0.3) is 0 Å². The van der Waals surface area contributed by atoms with Crippen LogP contribution in [0.5, 0.6) is 0 Å². The lowest BCUT2D eigenvalue weighted by Crippen LogP contribution is -2.63. The third-order valence-corrected chi connectivity index (χ3v) is 8.17. The van der Waals surface area contributed by atoms with Crippen molar-refractivity contribution in [3.8, 4) is 0 Å². The summed E-state index contributed by atoms with van der Waals surface area (Å²) in [6.07, 6.45) is 1.39. The third-order valence-electron chi connectivity index (χ3n) is 7.80. The fourth-order valence-corrected chi connectivity index (χ4v) is 5.96. The highest BCUT2D eigenvalue weighted by Gasteiger charge is 2.46. The Morgan fingerprint density at radius 3 is 1.80 bits per heavy atom. The Morgan fingerprint density at radius 2 is 1.25 bits per heavy atom. The Balaban J connectivity index is 1.36. The molecule has 2 fully saturated rings. The molecule has 1 heterocycles. The molecule has 1 saturated carbocycles. The smallest absolute Gasteiger partial charge is 0.169 e. The third kappa shape index (κ3) is 7.89. The van der Waals surface area contributed by atoms with Gasteiger partial charge < -0.3 is 29.5 Å². The van der Waals surface area contributed by atoms with E-state index in [1.165, 1.54) is 0 Å². The Kier molecular flexibility index (Phi) is 10.6. The molecule has 0 radical (unpaired) electrons. The molecule has 2 N–H and O–H groups in total. The highest BCUT2D eigenvalue weighted by atomic mass is 32.1. The molecule has 0 aromatic heterocycles. The number of likely N-dealkylation sites (tertiary alicyclic amines) is 1. The molecule has 212 valence electrons. The van der Waals surface area contributed by atoms with E-state index in [2.05, 4.69) is 46.6 Å². The maximum atomic E-state index is 11.5. The second kappa shape index (κ2) is 14.7. The van der Waals surface area contributed by atoms with Crippen LogP contribution in [0.3, 0.4) is 0 Å². The predicted octanol–water partition coefficient (Wildman–Crippen LogP) is 5.09. The molecular formula is C33H40N2O4S. The van der Waals surface area contributed by atoms with Gasteiger partial charge in [-0.25, -0.2) is 0 Å². The van der Waals surface area contributed by atoms with Gasteiger partial charge in [-0.15, -0.1) is 0 Å². The van der Waals surface area contributed by atoms with Crippen LogP contribution in [0.2, 0.25) is 0 Å². The SMILES string of the molecule is O[C@@H]1C[C@H](COCc2ccccc2)[C@@H](OCc2ccccc2)[C@H](OCc2ccccc2)[C@H]1NC(=S)N1CCCC1. The van der Waals surface area contributed by atoms with Gasteiger partial charge in [-0.2, -0.15) is 0 Å². The van der Waals surface area contributed by atoms with E-state index >= 15 is 0 Å². The van der Waals surface area contributed by atoms with E-state index in [-0.39, 0.29) is 12.0 Å². The first-order valence-corrected chi connectivity index (χ1v) is 14.7. The molecule has 7 heteroatoms. The molecule has 1 saturated heterocycles. The Bertz CT molecular complexity index is 1160. The average molecular weight is 561 g/mol. The van der Waals surface area contributed by atoms with Crippen molar-refractivity contribution in [1.82, 2.24) is 10.2 Å². The number of thiocarbonyl (C=S) groups is 1. The van der Waals surface area contributed by atoms with Gasteiger partial charge in [0.05, 0.1) is 44.7 Å². The molecule has 0 unspecified atom stereocenters. The fraction of sp³-hybridized carbons (Fsp3) is 0.424. The van der Waals surface area contributed by atoms with Gasteiger partial charge in [-0.05, 0) is 48.2 Å². The number of ether oxygens (including phenoxy) is 3. The van der Waals surface area contributed by atoms with E-state index in [1.54, 1.807) is 0 Å². The molecule has 5 atom stereocenters. The summed E-state index contributed by atoms with van der Waals surface area (Å²) in [5.41, 5.74) is 3.28.